The van der Waals surface area contributed by atoms with Crippen LogP contribution in [-0.4, -0.2) is 28.6 Å². The first kappa shape index (κ1) is 17.9. The Balaban J connectivity index is 2.14. The van der Waals surface area contributed by atoms with E-state index in [0.29, 0.717) is 29.1 Å². The standard InChI is InChI=1S/C19H30N2O2/c1-10-8-7-9-16(11(10)2)20-14(5)19(23)18-12(3)17(15(6)22)13(4)21-18/h10-11,14,16,20-21H,7-9H2,1-6H3/t10-,11-,14-,16+/m0/s1. The highest BCUT2D eigenvalue weighted by atomic mass is 16.1. The molecule has 0 unspecified atom stereocenters. The molecule has 1 aromatic rings. The fourth-order valence-corrected chi connectivity index (χ4v) is 3.96. The van der Waals surface area contributed by atoms with E-state index < -0.39 is 0 Å². The highest BCUT2D eigenvalue weighted by Crippen LogP contribution is 2.30. The number of hydrogen-bond acceptors (Lipinski definition) is 3. The minimum absolute atomic E-state index is 0.00522. The van der Waals surface area contributed by atoms with E-state index in [1.54, 1.807) is 6.92 Å². The van der Waals surface area contributed by atoms with Crippen LogP contribution in [0.25, 0.3) is 0 Å². The van der Waals surface area contributed by atoms with Crippen LogP contribution in [-0.2, 0) is 0 Å². The average Bonchev–Trinajstić information content (AvgIpc) is 2.78. The molecular formula is C19H30N2O2. The van der Waals surface area contributed by atoms with Crippen LogP contribution in [0, 0.1) is 25.7 Å². The van der Waals surface area contributed by atoms with Crippen molar-refractivity contribution in [2.75, 3.05) is 0 Å². The molecule has 0 spiro atoms. The van der Waals surface area contributed by atoms with Gasteiger partial charge in [-0.05, 0) is 51.5 Å². The van der Waals surface area contributed by atoms with Crippen LogP contribution in [0.5, 0.6) is 0 Å². The molecule has 0 aromatic carbocycles. The van der Waals surface area contributed by atoms with E-state index >= 15 is 0 Å². The van der Waals surface area contributed by atoms with Crippen molar-refractivity contribution in [2.24, 2.45) is 11.8 Å². The quantitative estimate of drug-likeness (QED) is 0.811. The van der Waals surface area contributed by atoms with Gasteiger partial charge in [-0.25, -0.2) is 0 Å². The molecule has 4 nitrogen and oxygen atoms in total. The van der Waals surface area contributed by atoms with Crippen molar-refractivity contribution < 1.29 is 9.59 Å². The number of carbonyl (C=O) groups is 2. The summed E-state index contributed by atoms with van der Waals surface area (Å²) in [5, 5.41) is 3.53. The summed E-state index contributed by atoms with van der Waals surface area (Å²) in [4.78, 5) is 27.7. The molecule has 0 radical (unpaired) electrons. The van der Waals surface area contributed by atoms with Crippen molar-refractivity contribution in [1.29, 1.82) is 0 Å². The van der Waals surface area contributed by atoms with Gasteiger partial charge < -0.3 is 10.3 Å². The van der Waals surface area contributed by atoms with Gasteiger partial charge in [-0.1, -0.05) is 26.7 Å². The summed E-state index contributed by atoms with van der Waals surface area (Å²) in [7, 11) is 0. The Kier molecular flexibility index (Phi) is 5.45. The molecule has 0 saturated heterocycles. The summed E-state index contributed by atoms with van der Waals surface area (Å²) in [5.41, 5.74) is 2.79. The normalized spacial score (nSPS) is 26.1. The second-order valence-corrected chi connectivity index (χ2v) is 7.31. The SMILES string of the molecule is CC(=O)c1c(C)[nH]c(C(=O)[C@H](C)N[C@@H]2CCC[C@H](C)[C@@H]2C)c1C. The van der Waals surface area contributed by atoms with E-state index in [9.17, 15) is 9.59 Å². The van der Waals surface area contributed by atoms with Gasteiger partial charge in [-0.2, -0.15) is 0 Å². The van der Waals surface area contributed by atoms with Crippen molar-refractivity contribution in [2.45, 2.75) is 72.9 Å². The average molecular weight is 318 g/mol. The molecule has 4 atom stereocenters. The van der Waals surface area contributed by atoms with Gasteiger partial charge in [0.2, 0.25) is 0 Å². The fourth-order valence-electron chi connectivity index (χ4n) is 3.96. The van der Waals surface area contributed by atoms with E-state index in [1.807, 2.05) is 20.8 Å². The third-order valence-electron chi connectivity index (χ3n) is 5.60. The van der Waals surface area contributed by atoms with Gasteiger partial charge in [0, 0.05) is 17.3 Å². The summed E-state index contributed by atoms with van der Waals surface area (Å²) in [6.45, 7) is 11.7. The maximum absolute atomic E-state index is 12.8. The molecule has 0 aliphatic heterocycles. The molecule has 23 heavy (non-hydrogen) atoms. The van der Waals surface area contributed by atoms with E-state index in [-0.39, 0.29) is 17.6 Å². The topological polar surface area (TPSA) is 62.0 Å². The van der Waals surface area contributed by atoms with Crippen molar-refractivity contribution in [3.05, 3.63) is 22.5 Å². The zero-order chi connectivity index (χ0) is 17.3. The molecule has 0 amide bonds. The molecule has 1 aliphatic rings. The smallest absolute Gasteiger partial charge is 0.195 e. The Morgan fingerprint density at radius 2 is 1.87 bits per heavy atom. The van der Waals surface area contributed by atoms with Crippen molar-refractivity contribution in [3.63, 3.8) is 0 Å². The molecule has 1 saturated carbocycles. The highest BCUT2D eigenvalue weighted by Gasteiger charge is 2.30. The van der Waals surface area contributed by atoms with Crippen LogP contribution in [0.2, 0.25) is 0 Å². The van der Waals surface area contributed by atoms with E-state index in [4.69, 9.17) is 0 Å². The first-order valence-corrected chi connectivity index (χ1v) is 8.74. The Bertz CT molecular complexity index is 603. The predicted molar refractivity (Wildman–Crippen MR) is 93.2 cm³/mol. The molecular weight excluding hydrogens is 288 g/mol. The van der Waals surface area contributed by atoms with E-state index in [2.05, 4.69) is 24.1 Å². The van der Waals surface area contributed by atoms with Gasteiger partial charge in [0.15, 0.2) is 11.6 Å². The number of H-pyrrole nitrogens is 1. The number of ketones is 2. The number of aromatic nitrogens is 1. The number of rotatable bonds is 5. The first-order chi connectivity index (χ1) is 10.7. The van der Waals surface area contributed by atoms with Crippen molar-refractivity contribution in [3.8, 4) is 0 Å². The number of nitrogens with one attached hydrogen (secondary N) is 2. The molecule has 4 heteroatoms. The first-order valence-electron chi connectivity index (χ1n) is 8.74. The zero-order valence-corrected chi connectivity index (χ0v) is 15.2. The lowest BCUT2D eigenvalue weighted by atomic mass is 9.77. The number of hydrogen-bond donors (Lipinski definition) is 2. The Morgan fingerprint density at radius 3 is 2.43 bits per heavy atom. The minimum atomic E-state index is -0.246. The molecule has 1 aliphatic carbocycles. The van der Waals surface area contributed by atoms with Crippen LogP contribution in [0.1, 0.15) is 79.1 Å². The van der Waals surface area contributed by atoms with Crippen LogP contribution in [0.15, 0.2) is 0 Å². The third-order valence-corrected chi connectivity index (χ3v) is 5.60. The van der Waals surface area contributed by atoms with Gasteiger partial charge >= 0.3 is 0 Å². The second-order valence-electron chi connectivity index (χ2n) is 7.31. The predicted octanol–water partition coefficient (Wildman–Crippen LogP) is 3.82. The molecule has 2 N–H and O–H groups in total. The van der Waals surface area contributed by atoms with Gasteiger partial charge in [0.05, 0.1) is 11.7 Å². The van der Waals surface area contributed by atoms with Gasteiger partial charge in [0.25, 0.3) is 0 Å². The molecule has 2 rings (SSSR count). The van der Waals surface area contributed by atoms with E-state index in [1.165, 1.54) is 12.8 Å². The molecule has 0 bridgehead atoms. The summed E-state index contributed by atoms with van der Waals surface area (Å²) in [6, 6.07) is 0.144. The third kappa shape index (κ3) is 3.57. The van der Waals surface area contributed by atoms with Crippen LogP contribution < -0.4 is 5.32 Å². The summed E-state index contributed by atoms with van der Waals surface area (Å²) in [6.07, 6.45) is 3.63. The van der Waals surface area contributed by atoms with Gasteiger partial charge in [-0.15, -0.1) is 0 Å². The summed E-state index contributed by atoms with van der Waals surface area (Å²) in [5.74, 6) is 1.33. The summed E-state index contributed by atoms with van der Waals surface area (Å²) >= 11 is 0. The number of aromatic amines is 1. The molecule has 128 valence electrons. The van der Waals surface area contributed by atoms with Gasteiger partial charge in [-0.3, -0.25) is 9.59 Å². The van der Waals surface area contributed by atoms with Crippen LogP contribution >= 0.6 is 0 Å². The lowest BCUT2D eigenvalue weighted by Gasteiger charge is -2.36. The van der Waals surface area contributed by atoms with Crippen LogP contribution in [0.3, 0.4) is 0 Å². The number of carbonyl (C=O) groups excluding carboxylic acids is 2. The van der Waals surface area contributed by atoms with Gasteiger partial charge in [0.1, 0.15) is 0 Å². The molecule has 1 aromatic heterocycles. The second kappa shape index (κ2) is 7.00. The maximum Gasteiger partial charge on any atom is 0.195 e. The van der Waals surface area contributed by atoms with Crippen LogP contribution in [0.4, 0.5) is 0 Å². The number of aryl methyl sites for hydroxylation is 1. The Labute approximate surface area is 139 Å². The summed E-state index contributed by atoms with van der Waals surface area (Å²) < 4.78 is 0. The Morgan fingerprint density at radius 1 is 1.22 bits per heavy atom. The lowest BCUT2D eigenvalue weighted by molar-refractivity contribution is 0.0917. The zero-order valence-electron chi connectivity index (χ0n) is 15.2. The minimum Gasteiger partial charge on any atom is -0.355 e. The Hall–Kier alpha value is -1.42. The van der Waals surface area contributed by atoms with E-state index in [0.717, 1.165) is 17.7 Å². The fraction of sp³-hybridized carbons (Fsp3) is 0.684. The van der Waals surface area contributed by atoms with Crippen molar-refractivity contribution >= 4 is 11.6 Å². The monoisotopic (exact) mass is 318 g/mol. The molecule has 1 heterocycles. The maximum atomic E-state index is 12.8. The largest absolute Gasteiger partial charge is 0.355 e. The molecule has 1 fully saturated rings. The van der Waals surface area contributed by atoms with Crippen molar-refractivity contribution in [1.82, 2.24) is 10.3 Å². The highest BCUT2D eigenvalue weighted by molar-refractivity contribution is 6.05. The lowest BCUT2D eigenvalue weighted by Crippen LogP contribution is -2.47. The number of Topliss-reactive ketones (excluding diaryl/α,β-unsaturated/α-hetero) is 2.